The molecule has 9 aromatic rings. The Labute approximate surface area is 562 Å². The Bertz CT molecular complexity index is 3530. The number of nitrogens with one attached hydrogen (secondary N) is 2. The highest BCUT2D eigenvalue weighted by atomic mass is 16.6. The number of nitrogens with zero attached hydrogens (tertiary/aromatic N) is 1. The first kappa shape index (κ1) is 69.3. The van der Waals surface area contributed by atoms with Crippen LogP contribution in [0.15, 0.2) is 224 Å². The van der Waals surface area contributed by atoms with Crippen LogP contribution in [0.3, 0.4) is 0 Å². The highest BCUT2D eigenvalue weighted by Gasteiger charge is 2.41. The van der Waals surface area contributed by atoms with Gasteiger partial charge in [-0.1, -0.05) is 301 Å². The molecule has 2 amide bonds. The number of ether oxygens (including phenoxy) is 2. The van der Waals surface area contributed by atoms with E-state index in [0.29, 0.717) is 22.8 Å². The Balaban J connectivity index is 0.852. The minimum absolute atomic E-state index is 0.0127. The van der Waals surface area contributed by atoms with Crippen LogP contribution in [0.25, 0.3) is 12.2 Å². The molecule has 7 nitrogen and oxygen atoms in total. The zero-order valence-corrected chi connectivity index (χ0v) is 59.0. The molecule has 0 aliphatic rings. The van der Waals surface area contributed by atoms with Crippen molar-refractivity contribution in [1.29, 1.82) is 0 Å². The summed E-state index contributed by atoms with van der Waals surface area (Å²) in [6.45, 7) is 40.5. The van der Waals surface area contributed by atoms with Crippen molar-refractivity contribution in [3.05, 3.63) is 314 Å². The van der Waals surface area contributed by atoms with Crippen LogP contribution in [0.2, 0.25) is 0 Å². The molecule has 0 unspecified atom stereocenters. The second-order valence-electron chi connectivity index (χ2n) is 31.4. The first-order valence-electron chi connectivity index (χ1n) is 33.2. The first-order chi connectivity index (χ1) is 44.2. The van der Waals surface area contributed by atoms with Crippen LogP contribution in [-0.4, -0.2) is 30.4 Å². The van der Waals surface area contributed by atoms with E-state index in [9.17, 15) is 9.59 Å². The molecule has 7 heteroatoms. The smallest absolute Gasteiger partial charge is 0.411 e. The molecule has 0 bridgehead atoms. The van der Waals surface area contributed by atoms with Crippen LogP contribution in [0, 0.1) is 0 Å². The van der Waals surface area contributed by atoms with Crippen LogP contribution >= 0.6 is 0 Å². The molecule has 0 aliphatic carbocycles. The van der Waals surface area contributed by atoms with Crippen molar-refractivity contribution in [2.24, 2.45) is 0 Å². The van der Waals surface area contributed by atoms with Gasteiger partial charge in [0.2, 0.25) is 0 Å². The second kappa shape index (κ2) is 27.5. The number of rotatable bonds is 16. The molecule has 94 heavy (non-hydrogen) atoms. The lowest BCUT2D eigenvalue weighted by molar-refractivity contribution is 0.173. The van der Waals surface area contributed by atoms with Crippen molar-refractivity contribution in [1.82, 2.24) is 4.98 Å². The molecule has 0 saturated carbocycles. The normalized spacial score (nSPS) is 12.9. The molecule has 0 spiro atoms. The summed E-state index contributed by atoms with van der Waals surface area (Å²) in [5.74, 6) is 0. The van der Waals surface area contributed by atoms with Gasteiger partial charge in [-0.25, -0.2) is 14.6 Å². The molecule has 0 atom stereocenters. The molecule has 486 valence electrons. The number of carbonyl (C=O) groups is 2. The summed E-state index contributed by atoms with van der Waals surface area (Å²) in [5.41, 5.74) is 17.8. The third kappa shape index (κ3) is 15.9. The number of aromatic nitrogens is 1. The number of carbonyl (C=O) groups excluding carboxylic acids is 2. The van der Waals surface area contributed by atoms with Crippen molar-refractivity contribution in [2.45, 2.75) is 168 Å². The van der Waals surface area contributed by atoms with Gasteiger partial charge in [0.05, 0.1) is 22.2 Å². The summed E-state index contributed by atoms with van der Waals surface area (Å²) in [5, 5.41) is 5.90. The van der Waals surface area contributed by atoms with Crippen molar-refractivity contribution >= 4 is 35.7 Å². The Morgan fingerprint density at radius 1 is 0.287 bits per heavy atom. The van der Waals surface area contributed by atoms with Gasteiger partial charge in [0.15, 0.2) is 0 Å². The van der Waals surface area contributed by atoms with Crippen molar-refractivity contribution in [2.75, 3.05) is 23.8 Å². The SMILES string of the molecule is CC(C)(C)c1ccc(C(c2ccc(NC(=O)OC/C=C/c3cccc(/C=C/COC(=O)Nc4ccc(C(c5ccc(C(C)(C)C)cc5)(c5ccc(C(C)(C)C)cc5)c5ccc(C(C)(C)C)cc5)cc4)n3)cc2)(c2ccc(C(C)(C)C)cc2)c2ccc(C(C)(C)C)cc2)cc1. The van der Waals surface area contributed by atoms with E-state index in [2.05, 4.69) is 305 Å². The van der Waals surface area contributed by atoms with E-state index in [-0.39, 0.29) is 45.7 Å². The van der Waals surface area contributed by atoms with E-state index < -0.39 is 23.0 Å². The van der Waals surface area contributed by atoms with Gasteiger partial charge in [0.25, 0.3) is 0 Å². The third-order valence-corrected chi connectivity index (χ3v) is 18.2. The average Bonchev–Trinajstić information content (AvgIpc) is 0.736. The van der Waals surface area contributed by atoms with E-state index in [1.165, 1.54) is 33.4 Å². The van der Waals surface area contributed by atoms with Gasteiger partial charge in [-0.2, -0.15) is 0 Å². The number of amides is 2. The molecule has 0 radical (unpaired) electrons. The van der Waals surface area contributed by atoms with E-state index in [1.807, 2.05) is 54.6 Å². The van der Waals surface area contributed by atoms with Gasteiger partial charge in [0, 0.05) is 11.4 Å². The van der Waals surface area contributed by atoms with Crippen LogP contribution in [-0.2, 0) is 52.8 Å². The Kier molecular flexibility index (Phi) is 20.3. The Morgan fingerprint density at radius 2 is 0.468 bits per heavy atom. The number of anilines is 2. The first-order valence-corrected chi connectivity index (χ1v) is 33.2. The van der Waals surface area contributed by atoms with Gasteiger partial charge >= 0.3 is 12.2 Å². The topological polar surface area (TPSA) is 89.5 Å². The van der Waals surface area contributed by atoms with Gasteiger partial charge in [0.1, 0.15) is 13.2 Å². The molecule has 9 rings (SSSR count). The number of hydrogen-bond donors (Lipinski definition) is 2. The fourth-order valence-electron chi connectivity index (χ4n) is 12.5. The maximum Gasteiger partial charge on any atom is 0.411 e. The fraction of sp³-hybridized carbons (Fsp3) is 0.322. The van der Waals surface area contributed by atoms with Crippen LogP contribution in [0.1, 0.15) is 214 Å². The monoisotopic (exact) mass is 1250 g/mol. The average molecular weight is 1250 g/mol. The highest BCUT2D eigenvalue weighted by Crippen LogP contribution is 2.49. The molecular formula is C87H99N3O4. The van der Waals surface area contributed by atoms with Crippen LogP contribution in [0.5, 0.6) is 0 Å². The largest absolute Gasteiger partial charge is 0.445 e. The molecule has 2 N–H and O–H groups in total. The van der Waals surface area contributed by atoms with E-state index in [1.54, 1.807) is 12.2 Å². The zero-order chi connectivity index (χ0) is 68.1. The fourth-order valence-corrected chi connectivity index (χ4v) is 12.5. The molecule has 0 fully saturated rings. The lowest BCUT2D eigenvalue weighted by Crippen LogP contribution is -2.31. The van der Waals surface area contributed by atoms with Crippen molar-refractivity contribution in [3.63, 3.8) is 0 Å². The molecule has 0 aliphatic heterocycles. The number of pyridine rings is 1. The van der Waals surface area contributed by atoms with Crippen LogP contribution in [0.4, 0.5) is 21.0 Å². The Hall–Kier alpha value is -9.07. The predicted molar refractivity (Wildman–Crippen MR) is 394 cm³/mol. The lowest BCUT2D eigenvalue weighted by Gasteiger charge is -2.38. The molecule has 0 saturated heterocycles. The summed E-state index contributed by atoms with van der Waals surface area (Å²) in [6, 6.07) is 76.5. The second-order valence-corrected chi connectivity index (χ2v) is 31.4. The minimum Gasteiger partial charge on any atom is -0.445 e. The summed E-state index contributed by atoms with van der Waals surface area (Å²) in [6.07, 6.45) is 5.99. The number of benzene rings is 8. The summed E-state index contributed by atoms with van der Waals surface area (Å²) in [4.78, 5) is 31.4. The third-order valence-electron chi connectivity index (χ3n) is 18.2. The highest BCUT2D eigenvalue weighted by molar-refractivity contribution is 5.85. The maximum absolute atomic E-state index is 13.3. The van der Waals surface area contributed by atoms with Gasteiger partial charge < -0.3 is 9.47 Å². The number of hydrogen-bond acceptors (Lipinski definition) is 5. The summed E-state index contributed by atoms with van der Waals surface area (Å²) >= 11 is 0. The van der Waals surface area contributed by atoms with Gasteiger partial charge in [-0.05, 0) is 171 Å². The van der Waals surface area contributed by atoms with Gasteiger partial charge in [-0.3, -0.25) is 10.6 Å². The van der Waals surface area contributed by atoms with Gasteiger partial charge in [-0.15, -0.1) is 0 Å². The van der Waals surface area contributed by atoms with Crippen LogP contribution < -0.4 is 10.6 Å². The molecular weight excluding hydrogens is 1150 g/mol. The zero-order valence-electron chi connectivity index (χ0n) is 59.0. The summed E-state index contributed by atoms with van der Waals surface area (Å²) in [7, 11) is 0. The maximum atomic E-state index is 13.3. The van der Waals surface area contributed by atoms with Crippen molar-refractivity contribution in [3.8, 4) is 0 Å². The minimum atomic E-state index is -0.687. The van der Waals surface area contributed by atoms with E-state index >= 15 is 0 Å². The predicted octanol–water partition coefficient (Wildman–Crippen LogP) is 22.2. The standard InChI is InChI=1S/C87H99N3O4/c1-80(2,3)60-26-38-66(39-27-60)86(67-40-28-61(29-41-67)81(4,5)6,68-42-30-62(31-43-68)82(7,8)9)72-50-54-76(55-51-72)89-78(91)93-58-20-24-74-22-19-23-75(88-74)25-21-59-94-79(92)90-77-56-52-73(53-57-77)87(69-44-32-63(33-45-69)83(10,11)12,70-46-34-64(35-47-70)84(13,14)15)71-48-36-65(37-49-71)85(16,17)18/h19-57H,58-59H2,1-18H3,(H,89,91)(H,90,92)/b24-20+,25-21+. The summed E-state index contributed by atoms with van der Waals surface area (Å²) < 4.78 is 11.3. The lowest BCUT2D eigenvalue weighted by atomic mass is 9.64. The van der Waals surface area contributed by atoms with E-state index in [0.717, 1.165) is 44.5 Å². The van der Waals surface area contributed by atoms with E-state index in [4.69, 9.17) is 14.5 Å². The molecule has 8 aromatic carbocycles. The quantitative estimate of drug-likeness (QED) is 0.0941. The van der Waals surface area contributed by atoms with Crippen molar-refractivity contribution < 1.29 is 19.1 Å². The molecule has 1 aromatic heterocycles. The Morgan fingerprint density at radius 3 is 0.660 bits per heavy atom. The molecule has 1 heterocycles.